The summed E-state index contributed by atoms with van der Waals surface area (Å²) in [5.74, 6) is -0.0386. The average Bonchev–Trinajstić information content (AvgIpc) is 2.89. The lowest BCUT2D eigenvalue weighted by Crippen LogP contribution is -2.26. The predicted octanol–water partition coefficient (Wildman–Crippen LogP) is 1.99. The second kappa shape index (κ2) is 8.39. The Morgan fingerprint density at radius 1 is 1.33 bits per heavy atom. The number of aromatic nitrogens is 1. The number of hydrogen-bond acceptors (Lipinski definition) is 5. The van der Waals surface area contributed by atoms with Crippen LogP contribution in [0, 0.1) is 0 Å². The molecule has 0 aliphatic rings. The molecule has 1 heterocycles. The molecule has 0 saturated heterocycles. The van der Waals surface area contributed by atoms with Gasteiger partial charge in [-0.25, -0.2) is 4.98 Å². The maximum absolute atomic E-state index is 11.6. The molecular weight excluding hydrogens is 286 g/mol. The molecule has 1 amide bonds. The van der Waals surface area contributed by atoms with E-state index in [9.17, 15) is 4.79 Å². The molecule has 2 aromatic rings. The van der Waals surface area contributed by atoms with E-state index in [1.54, 1.807) is 5.38 Å². The van der Waals surface area contributed by atoms with Crippen molar-refractivity contribution in [2.24, 2.45) is 0 Å². The van der Waals surface area contributed by atoms with Crippen LogP contribution in [0.1, 0.15) is 17.7 Å². The fraction of sp³-hybridized carbons (Fsp3) is 0.333. The maximum Gasteiger partial charge on any atom is 0.226 e. The zero-order valence-corrected chi connectivity index (χ0v) is 12.6. The molecular formula is C15H19N3O2S. The summed E-state index contributed by atoms with van der Waals surface area (Å²) in [6, 6.07) is 10.0. The lowest BCUT2D eigenvalue weighted by molar-refractivity contribution is -0.120. The van der Waals surface area contributed by atoms with E-state index in [4.69, 9.17) is 10.5 Å². The molecule has 3 N–H and O–H groups in total. The summed E-state index contributed by atoms with van der Waals surface area (Å²) in [5.41, 5.74) is 7.39. The molecule has 0 aliphatic carbocycles. The van der Waals surface area contributed by atoms with Crippen LogP contribution in [0.2, 0.25) is 0 Å². The first-order valence-corrected chi connectivity index (χ1v) is 7.70. The number of amides is 1. The highest BCUT2D eigenvalue weighted by Crippen LogP contribution is 2.11. The van der Waals surface area contributed by atoms with Gasteiger partial charge in [0.25, 0.3) is 0 Å². The minimum absolute atomic E-state index is 0.0386. The van der Waals surface area contributed by atoms with E-state index in [0.717, 1.165) is 17.7 Å². The smallest absolute Gasteiger partial charge is 0.226 e. The maximum atomic E-state index is 11.6. The summed E-state index contributed by atoms with van der Waals surface area (Å²) >= 11 is 1.35. The third-order valence-corrected chi connectivity index (χ3v) is 3.53. The minimum Gasteiger partial charge on any atom is -0.377 e. The molecule has 0 radical (unpaired) electrons. The lowest BCUT2D eigenvalue weighted by atomic mass is 10.2. The second-order valence-electron chi connectivity index (χ2n) is 4.60. The molecule has 0 bridgehead atoms. The monoisotopic (exact) mass is 305 g/mol. The molecule has 2 rings (SSSR count). The Hall–Kier alpha value is -1.92. The summed E-state index contributed by atoms with van der Waals surface area (Å²) in [6.45, 7) is 1.83. The van der Waals surface area contributed by atoms with Crippen molar-refractivity contribution in [1.82, 2.24) is 10.3 Å². The molecule has 0 unspecified atom stereocenters. The minimum atomic E-state index is -0.0386. The largest absolute Gasteiger partial charge is 0.377 e. The van der Waals surface area contributed by atoms with Crippen LogP contribution in [-0.4, -0.2) is 24.0 Å². The molecule has 21 heavy (non-hydrogen) atoms. The number of rotatable bonds is 8. The lowest BCUT2D eigenvalue weighted by Gasteiger charge is -2.06. The number of nitrogens with zero attached hydrogens (tertiary/aromatic N) is 1. The van der Waals surface area contributed by atoms with E-state index in [0.29, 0.717) is 24.9 Å². The topological polar surface area (TPSA) is 77.2 Å². The molecule has 0 atom stereocenters. The number of ether oxygens (including phenoxy) is 1. The van der Waals surface area contributed by atoms with Crippen LogP contribution < -0.4 is 11.1 Å². The van der Waals surface area contributed by atoms with E-state index >= 15 is 0 Å². The van der Waals surface area contributed by atoms with Crippen molar-refractivity contribution in [1.29, 1.82) is 0 Å². The molecule has 1 aromatic carbocycles. The number of nitrogens with two attached hydrogens (primary N) is 1. The van der Waals surface area contributed by atoms with Gasteiger partial charge in [-0.15, -0.1) is 11.3 Å². The van der Waals surface area contributed by atoms with Gasteiger partial charge in [0.1, 0.15) is 0 Å². The fourth-order valence-electron chi connectivity index (χ4n) is 1.80. The molecule has 6 heteroatoms. The van der Waals surface area contributed by atoms with Gasteiger partial charge < -0.3 is 15.8 Å². The molecule has 112 valence electrons. The Kier molecular flexibility index (Phi) is 6.18. The van der Waals surface area contributed by atoms with Crippen LogP contribution >= 0.6 is 11.3 Å². The van der Waals surface area contributed by atoms with Crippen LogP contribution in [0.15, 0.2) is 35.7 Å². The van der Waals surface area contributed by atoms with E-state index < -0.39 is 0 Å². The van der Waals surface area contributed by atoms with E-state index in [1.807, 2.05) is 30.3 Å². The zero-order valence-electron chi connectivity index (χ0n) is 11.7. The number of carbonyl (C=O) groups is 1. The number of hydrogen-bond donors (Lipinski definition) is 2. The molecule has 1 aromatic heterocycles. The first kappa shape index (κ1) is 15.5. The van der Waals surface area contributed by atoms with Gasteiger partial charge in [0, 0.05) is 18.5 Å². The predicted molar refractivity (Wildman–Crippen MR) is 84.0 cm³/mol. The Morgan fingerprint density at radius 3 is 2.86 bits per heavy atom. The second-order valence-corrected chi connectivity index (χ2v) is 5.49. The van der Waals surface area contributed by atoms with E-state index in [-0.39, 0.29) is 12.3 Å². The van der Waals surface area contributed by atoms with Crippen molar-refractivity contribution in [2.45, 2.75) is 19.4 Å². The standard InChI is InChI=1S/C15H19N3O2S/c16-15-18-13(11-21-15)9-14(19)17-7-4-8-20-10-12-5-2-1-3-6-12/h1-3,5-6,11H,4,7-10H2,(H2,16,18)(H,17,19). The van der Waals surface area contributed by atoms with Crippen molar-refractivity contribution < 1.29 is 9.53 Å². The molecule has 5 nitrogen and oxygen atoms in total. The number of thiazole rings is 1. The van der Waals surface area contributed by atoms with Crippen molar-refractivity contribution >= 4 is 22.4 Å². The highest BCUT2D eigenvalue weighted by molar-refractivity contribution is 7.13. The summed E-state index contributed by atoms with van der Waals surface area (Å²) in [4.78, 5) is 15.7. The average molecular weight is 305 g/mol. The van der Waals surface area contributed by atoms with Gasteiger partial charge in [0.15, 0.2) is 5.13 Å². The Morgan fingerprint density at radius 2 is 2.14 bits per heavy atom. The first-order chi connectivity index (χ1) is 10.2. The number of anilines is 1. The van der Waals surface area contributed by atoms with Crippen molar-refractivity contribution in [2.75, 3.05) is 18.9 Å². The fourth-order valence-corrected chi connectivity index (χ4v) is 2.36. The zero-order chi connectivity index (χ0) is 14.9. The Balaban J connectivity index is 1.52. The van der Waals surface area contributed by atoms with Gasteiger partial charge in [-0.05, 0) is 12.0 Å². The molecule has 0 saturated carbocycles. The number of benzene rings is 1. The normalized spacial score (nSPS) is 10.5. The SMILES string of the molecule is Nc1nc(CC(=O)NCCCOCc2ccccc2)cs1. The van der Waals surface area contributed by atoms with Crippen molar-refractivity contribution in [3.8, 4) is 0 Å². The van der Waals surface area contributed by atoms with Crippen molar-refractivity contribution in [3.63, 3.8) is 0 Å². The van der Waals surface area contributed by atoms with Crippen LogP contribution in [0.3, 0.4) is 0 Å². The quantitative estimate of drug-likeness (QED) is 0.731. The third kappa shape index (κ3) is 5.93. The van der Waals surface area contributed by atoms with Crippen LogP contribution in [-0.2, 0) is 22.6 Å². The van der Waals surface area contributed by atoms with Crippen LogP contribution in [0.5, 0.6) is 0 Å². The van der Waals surface area contributed by atoms with Crippen molar-refractivity contribution in [3.05, 3.63) is 47.0 Å². The highest BCUT2D eigenvalue weighted by atomic mass is 32.1. The van der Waals surface area contributed by atoms with Gasteiger partial charge in [-0.2, -0.15) is 0 Å². The van der Waals surface area contributed by atoms with Gasteiger partial charge in [-0.3, -0.25) is 4.79 Å². The number of nitrogen functional groups attached to an aromatic ring is 1. The third-order valence-electron chi connectivity index (χ3n) is 2.81. The van der Waals surface area contributed by atoms with Crippen LogP contribution in [0.25, 0.3) is 0 Å². The van der Waals surface area contributed by atoms with Gasteiger partial charge in [0.05, 0.1) is 18.7 Å². The Labute approximate surface area is 128 Å². The highest BCUT2D eigenvalue weighted by Gasteiger charge is 2.05. The van der Waals surface area contributed by atoms with E-state index in [1.165, 1.54) is 11.3 Å². The summed E-state index contributed by atoms with van der Waals surface area (Å²) in [7, 11) is 0. The molecule has 0 fully saturated rings. The Bertz CT molecular complexity index is 557. The van der Waals surface area contributed by atoms with Crippen LogP contribution in [0.4, 0.5) is 5.13 Å². The number of nitrogens with one attached hydrogen (secondary N) is 1. The summed E-state index contributed by atoms with van der Waals surface area (Å²) in [6.07, 6.45) is 1.07. The molecule has 0 aliphatic heterocycles. The van der Waals surface area contributed by atoms with Gasteiger partial charge >= 0.3 is 0 Å². The van der Waals surface area contributed by atoms with Gasteiger partial charge in [0.2, 0.25) is 5.91 Å². The van der Waals surface area contributed by atoms with Gasteiger partial charge in [-0.1, -0.05) is 30.3 Å². The molecule has 0 spiro atoms. The first-order valence-electron chi connectivity index (χ1n) is 6.82. The summed E-state index contributed by atoms with van der Waals surface area (Å²) < 4.78 is 5.54. The van der Waals surface area contributed by atoms with E-state index in [2.05, 4.69) is 10.3 Å². The number of carbonyl (C=O) groups excluding carboxylic acids is 1. The summed E-state index contributed by atoms with van der Waals surface area (Å²) in [5, 5.41) is 5.14.